The zero-order valence-electron chi connectivity index (χ0n) is 55.6. The largest absolute Gasteiger partial charge is 0.480 e. The van der Waals surface area contributed by atoms with Crippen molar-refractivity contribution in [2.24, 2.45) is 22.9 Å². The molecule has 1 aliphatic heterocycles. The highest BCUT2D eigenvalue weighted by molar-refractivity contribution is 5.88. The second kappa shape index (κ2) is 42.8. The minimum Gasteiger partial charge on any atom is -0.480 e. The fraction of sp³-hybridized carbons (Fsp3) is 0.235. The van der Waals surface area contributed by atoms with Gasteiger partial charge in [0.1, 0.15) is 47.0 Å². The number of halogens is 2. The first-order chi connectivity index (χ1) is 47.3. The number of rotatable bonds is 13. The minimum atomic E-state index is -1.07. The molecule has 1 saturated heterocycles. The summed E-state index contributed by atoms with van der Waals surface area (Å²) in [4.78, 5) is 126. The van der Waals surface area contributed by atoms with E-state index in [1.807, 2.05) is 82.3 Å². The van der Waals surface area contributed by atoms with Gasteiger partial charge in [-0.2, -0.15) is 0 Å². The highest BCUT2D eigenvalue weighted by Gasteiger charge is 2.33. The third-order valence-corrected chi connectivity index (χ3v) is 14.0. The number of carbonyl (C=O) groups excluding carboxylic acids is 3. The number of aromatic nitrogens is 2. The fourth-order valence-corrected chi connectivity index (χ4v) is 9.07. The highest BCUT2D eigenvalue weighted by atomic mass is 35.5. The molecule has 5 aromatic carbocycles. The molecule has 0 aliphatic carbocycles. The number of hydrogen-bond donors (Lipinski definition) is 15. The van der Waals surface area contributed by atoms with E-state index in [1.54, 1.807) is 54.7 Å². The van der Waals surface area contributed by atoms with Crippen LogP contribution in [0.15, 0.2) is 177 Å². The lowest BCUT2D eigenvalue weighted by molar-refractivity contribution is -0.147. The van der Waals surface area contributed by atoms with Crippen molar-refractivity contribution in [1.29, 1.82) is 0 Å². The Morgan fingerprint density at radius 2 is 0.941 bits per heavy atom. The van der Waals surface area contributed by atoms with Crippen LogP contribution in [0.3, 0.4) is 0 Å². The predicted molar refractivity (Wildman–Crippen MR) is 389 cm³/mol. The van der Waals surface area contributed by atoms with Gasteiger partial charge in [-0.15, -0.1) is 24.8 Å². The quantitative estimate of drug-likeness (QED) is 0.0575. The maximum atomic E-state index is 11.1. The number of hydrogen-bond acceptors (Lipinski definition) is 24. The monoisotopic (exact) mass is 1450 g/mol. The Hall–Kier alpha value is -11.9. The molecule has 6 heterocycles. The van der Waals surface area contributed by atoms with E-state index >= 15 is 0 Å². The number of carbonyl (C=O) groups is 7. The van der Waals surface area contributed by atoms with Crippen LogP contribution in [0.25, 0.3) is 43.9 Å². The van der Waals surface area contributed by atoms with Crippen molar-refractivity contribution in [3.05, 3.63) is 215 Å². The van der Waals surface area contributed by atoms with Gasteiger partial charge in [-0.25, -0.2) is 33.8 Å². The summed E-state index contributed by atoms with van der Waals surface area (Å²) in [5, 5.41) is 42.2. The third kappa shape index (κ3) is 28.9. The van der Waals surface area contributed by atoms with Crippen molar-refractivity contribution in [2.45, 2.75) is 71.5 Å². The van der Waals surface area contributed by atoms with Crippen LogP contribution in [-0.4, -0.2) is 128 Å². The van der Waals surface area contributed by atoms with Gasteiger partial charge < -0.3 is 104 Å². The topological polar surface area (TPSA) is 585 Å². The molecule has 3 amide bonds. The molecule has 11 rings (SSSR count). The molecule has 0 spiro atoms. The Morgan fingerprint density at radius 1 is 0.549 bits per heavy atom. The zero-order chi connectivity index (χ0) is 74.3. The SMILES string of the molecule is Cc1cc(=O)oc2cc(N)ccc12.Cc1cc(=O)oc2cc(N)ccc12.Cc1cc(=O)oc2cc(N)ccc12.Cc1cc(=O)oc2cc(N)ccc12.Cl.Cl.NCC(=O)N1CCC[C@H]1C(=O)O.NCC(=O)NCC(=O)O.NCC(=O)N[C@@H](Cc1ccccc1)C(=O)O.N[C@@H](Cc1c[nH]cn1)C(=O)O. The molecule has 1 fully saturated rings. The number of nitrogens with two attached hydrogens (primary N) is 8. The number of carboxylic acids is 4. The summed E-state index contributed by atoms with van der Waals surface area (Å²) in [7, 11) is 0. The maximum Gasteiger partial charge on any atom is 0.336 e. The van der Waals surface area contributed by atoms with Crippen molar-refractivity contribution >= 4 is 133 Å². The molecule has 0 saturated carbocycles. The second-order valence-electron chi connectivity index (χ2n) is 21.7. The van der Waals surface area contributed by atoms with Gasteiger partial charge in [-0.05, 0) is 117 Å². The lowest BCUT2D eigenvalue weighted by Gasteiger charge is -2.20. The van der Waals surface area contributed by atoms with Crippen molar-refractivity contribution in [1.82, 2.24) is 25.5 Å². The maximum absolute atomic E-state index is 11.1. The van der Waals surface area contributed by atoms with Gasteiger partial charge in [0.15, 0.2) is 0 Å². The number of nitrogens with one attached hydrogen (secondary N) is 3. The summed E-state index contributed by atoms with van der Waals surface area (Å²) in [6.45, 7) is 7.15. The summed E-state index contributed by atoms with van der Waals surface area (Å²) >= 11 is 0. The van der Waals surface area contributed by atoms with Gasteiger partial charge in [0.25, 0.3) is 0 Å². The first kappa shape index (κ1) is 86.1. The van der Waals surface area contributed by atoms with Crippen LogP contribution < -0.4 is 79.0 Å². The van der Waals surface area contributed by atoms with E-state index < -0.39 is 53.8 Å². The average molecular weight is 1460 g/mol. The summed E-state index contributed by atoms with van der Waals surface area (Å²) in [5.41, 5.74) is 51.0. The number of imidazole rings is 1. The number of nitrogens with zero attached hydrogens (tertiary/aromatic N) is 2. The summed E-state index contributed by atoms with van der Waals surface area (Å²) in [6, 6.07) is 33.7. The normalized spacial score (nSPS) is 12.0. The van der Waals surface area contributed by atoms with Crippen LogP contribution in [-0.2, 0) is 46.4 Å². The number of anilines is 4. The van der Waals surface area contributed by atoms with E-state index in [1.165, 1.54) is 35.5 Å². The molecule has 3 atom stereocenters. The van der Waals surface area contributed by atoms with E-state index in [-0.39, 0.29) is 92.2 Å². The summed E-state index contributed by atoms with van der Waals surface area (Å²) < 4.78 is 20.0. The standard InChI is InChI=1S/C11H14N2O3.4C10H9NO2.C7H12N2O3.C6H9N3O2.C4H8N2O3.2ClH/c12-7-10(14)13-9(11(15)16)6-8-4-2-1-3-5-8;4*1-6-4-10(12)13-9-5-7(11)2-3-8(6)9;8-4-6(10)9-3-1-2-5(9)7(11)12;7-5(6(10)11)1-4-2-8-3-9-4;5-1-3(7)6-2-4(8)9;;/h1-5,9H,6-7,12H2,(H,13,14)(H,15,16);4*2-5H,11H2,1H3;5H,1-4,8H2,(H,11,12);2-3,5H,1,7H2,(H,8,9)(H,10,11);1-2,5H2,(H,6,7)(H,8,9);2*1H/t9-;;;;;2*5-;;;/m0....00.../s1. The van der Waals surface area contributed by atoms with Crippen LogP contribution in [0, 0.1) is 27.7 Å². The number of nitrogen functional groups attached to an aromatic ring is 4. The van der Waals surface area contributed by atoms with E-state index in [0.29, 0.717) is 63.7 Å². The van der Waals surface area contributed by atoms with Crippen molar-refractivity contribution in [3.8, 4) is 0 Å². The lowest BCUT2D eigenvalue weighted by atomic mass is 10.1. The Bertz CT molecular complexity index is 4320. The molecule has 0 unspecified atom stereocenters. The van der Waals surface area contributed by atoms with E-state index in [9.17, 15) is 52.7 Å². The van der Waals surface area contributed by atoms with Gasteiger partial charge in [0.05, 0.1) is 31.7 Å². The predicted octanol–water partition coefficient (Wildman–Crippen LogP) is 3.87. The zero-order valence-corrected chi connectivity index (χ0v) is 57.3. The Kier molecular flexibility index (Phi) is 36.1. The number of benzene rings is 5. The van der Waals surface area contributed by atoms with Gasteiger partial charge in [-0.1, -0.05) is 30.3 Å². The van der Waals surface area contributed by atoms with Crippen LogP contribution >= 0.6 is 24.8 Å². The number of amides is 3. The van der Waals surface area contributed by atoms with Gasteiger partial charge >= 0.3 is 46.4 Å². The van der Waals surface area contributed by atoms with Gasteiger partial charge in [-0.3, -0.25) is 24.0 Å². The number of aliphatic carboxylic acids is 4. The highest BCUT2D eigenvalue weighted by Crippen LogP contribution is 2.22. The first-order valence-electron chi connectivity index (χ1n) is 30.2. The molecule has 5 aromatic heterocycles. The van der Waals surface area contributed by atoms with E-state index in [4.69, 9.17) is 84.0 Å². The van der Waals surface area contributed by atoms with Crippen LogP contribution in [0.5, 0.6) is 0 Å². The fourth-order valence-electron chi connectivity index (χ4n) is 9.07. The Morgan fingerprint density at radius 3 is 1.25 bits per heavy atom. The number of likely N-dealkylation sites (tertiary alicyclic amines) is 1. The van der Waals surface area contributed by atoms with Gasteiger partial charge in [0.2, 0.25) is 17.7 Å². The molecule has 102 heavy (non-hydrogen) atoms. The van der Waals surface area contributed by atoms with Crippen molar-refractivity contribution in [2.75, 3.05) is 55.7 Å². The first-order valence-corrected chi connectivity index (χ1v) is 30.2. The number of carboxylic acid groups (broad SMARTS) is 4. The average Bonchev–Trinajstić information content (AvgIpc) is 1.34. The molecule has 0 radical (unpaired) electrons. The molecular formula is C68H81Cl2N13O19. The molecule has 23 N–H and O–H groups in total. The van der Waals surface area contributed by atoms with Crippen molar-refractivity contribution in [3.63, 3.8) is 0 Å². The van der Waals surface area contributed by atoms with Gasteiger partial charge in [0, 0.05) is 118 Å². The number of H-pyrrole nitrogens is 1. The Labute approximate surface area is 592 Å². The molecule has 0 bridgehead atoms. The second-order valence-corrected chi connectivity index (χ2v) is 21.7. The number of aryl methyl sites for hydroxylation is 4. The van der Waals surface area contributed by atoms with Crippen LogP contribution in [0.4, 0.5) is 22.7 Å². The van der Waals surface area contributed by atoms with E-state index in [2.05, 4.69) is 20.6 Å². The molecule has 546 valence electrons. The Balaban J connectivity index is 0.000000397. The summed E-state index contributed by atoms with van der Waals surface area (Å²) in [5.74, 6) is -5.29. The molecule has 34 heteroatoms. The number of fused-ring (bicyclic) bond motifs is 4. The van der Waals surface area contributed by atoms with Crippen LogP contribution in [0.2, 0.25) is 0 Å². The third-order valence-electron chi connectivity index (χ3n) is 14.0. The summed E-state index contributed by atoms with van der Waals surface area (Å²) in [6.07, 6.45) is 4.93. The number of aromatic amines is 1. The lowest BCUT2D eigenvalue weighted by Crippen LogP contribution is -2.44. The minimum absolute atomic E-state index is 0. The smallest absolute Gasteiger partial charge is 0.336 e. The molecular weight excluding hydrogens is 1370 g/mol. The molecule has 10 aromatic rings. The molecule has 32 nitrogen and oxygen atoms in total. The van der Waals surface area contributed by atoms with Crippen LogP contribution in [0.1, 0.15) is 46.4 Å². The van der Waals surface area contributed by atoms with Crippen molar-refractivity contribution < 1.29 is 71.7 Å². The van der Waals surface area contributed by atoms with E-state index in [0.717, 1.165) is 55.8 Å². The molecule has 1 aliphatic rings.